The van der Waals surface area contributed by atoms with Crippen LogP contribution in [0.4, 0.5) is 5.69 Å². The highest BCUT2D eigenvalue weighted by atomic mass is 35.5. The molecule has 0 saturated carbocycles. The minimum atomic E-state index is -0.334. The number of ether oxygens (including phenoxy) is 1. The molecule has 1 aromatic heterocycles. The summed E-state index contributed by atoms with van der Waals surface area (Å²) in [5.74, 6) is 0.198. The minimum absolute atomic E-state index is 0.0832. The van der Waals surface area contributed by atoms with Crippen LogP contribution in [0.3, 0.4) is 0 Å². The van der Waals surface area contributed by atoms with E-state index in [1.807, 2.05) is 18.2 Å². The van der Waals surface area contributed by atoms with Gasteiger partial charge in [0.05, 0.1) is 23.7 Å². The fourth-order valence-electron chi connectivity index (χ4n) is 2.43. The summed E-state index contributed by atoms with van der Waals surface area (Å²) in [6.07, 6.45) is 1.96. The van der Waals surface area contributed by atoms with Crippen molar-refractivity contribution in [3.8, 4) is 11.4 Å². The van der Waals surface area contributed by atoms with Crippen LogP contribution in [-0.4, -0.2) is 35.2 Å². The third kappa shape index (κ3) is 4.89. The molecule has 0 bridgehead atoms. The van der Waals surface area contributed by atoms with Gasteiger partial charge in [-0.3, -0.25) is 9.59 Å². The average Bonchev–Trinajstić information content (AvgIpc) is 3.19. The van der Waals surface area contributed by atoms with Crippen LogP contribution in [-0.2, 0) is 4.79 Å². The van der Waals surface area contributed by atoms with Gasteiger partial charge in [0, 0.05) is 18.9 Å². The van der Waals surface area contributed by atoms with Crippen LogP contribution in [0.1, 0.15) is 16.9 Å². The monoisotopic (exact) mass is 398 g/mol. The molecule has 0 spiro atoms. The van der Waals surface area contributed by atoms with E-state index in [4.69, 9.17) is 16.3 Å². The first-order chi connectivity index (χ1) is 13.6. The van der Waals surface area contributed by atoms with Crippen molar-refractivity contribution in [2.45, 2.75) is 6.42 Å². The van der Waals surface area contributed by atoms with E-state index in [1.165, 1.54) is 0 Å². The van der Waals surface area contributed by atoms with Crippen molar-refractivity contribution in [3.63, 3.8) is 0 Å². The molecule has 8 heteroatoms. The first-order valence-electron chi connectivity index (χ1n) is 8.62. The first-order valence-corrected chi connectivity index (χ1v) is 9.00. The number of anilines is 1. The predicted molar refractivity (Wildman–Crippen MR) is 107 cm³/mol. The van der Waals surface area contributed by atoms with Crippen LogP contribution in [0.5, 0.6) is 5.75 Å². The number of nitrogens with one attached hydrogen (secondary N) is 2. The van der Waals surface area contributed by atoms with Crippen molar-refractivity contribution in [2.24, 2.45) is 0 Å². The summed E-state index contributed by atoms with van der Waals surface area (Å²) in [7, 11) is 1.58. The van der Waals surface area contributed by atoms with Crippen LogP contribution in [0.2, 0.25) is 5.02 Å². The van der Waals surface area contributed by atoms with Gasteiger partial charge in [0.25, 0.3) is 5.91 Å². The van der Waals surface area contributed by atoms with Crippen molar-refractivity contribution in [1.29, 1.82) is 0 Å². The summed E-state index contributed by atoms with van der Waals surface area (Å²) in [4.78, 5) is 23.6. The molecule has 28 heavy (non-hydrogen) atoms. The van der Waals surface area contributed by atoms with Gasteiger partial charge < -0.3 is 15.4 Å². The molecule has 0 fully saturated rings. The molecule has 0 saturated heterocycles. The van der Waals surface area contributed by atoms with Gasteiger partial charge >= 0.3 is 0 Å². The molecule has 0 aliphatic rings. The Bertz CT molecular complexity index is 970. The Morgan fingerprint density at radius 3 is 2.57 bits per heavy atom. The highest BCUT2D eigenvalue weighted by Crippen LogP contribution is 2.20. The molecule has 2 amide bonds. The number of carbonyl (C=O) groups excluding carboxylic acids is 2. The van der Waals surface area contributed by atoms with Crippen LogP contribution in [0.25, 0.3) is 5.69 Å². The van der Waals surface area contributed by atoms with E-state index >= 15 is 0 Å². The lowest BCUT2D eigenvalue weighted by atomic mass is 10.3. The summed E-state index contributed by atoms with van der Waals surface area (Å²) in [6, 6.07) is 15.8. The van der Waals surface area contributed by atoms with Crippen molar-refractivity contribution in [2.75, 3.05) is 19.0 Å². The molecular formula is C20H19ClN4O3. The average molecular weight is 399 g/mol. The topological polar surface area (TPSA) is 85.3 Å². The number of hydrogen-bond donors (Lipinski definition) is 2. The molecule has 1 heterocycles. The van der Waals surface area contributed by atoms with Gasteiger partial charge in [0.15, 0.2) is 5.69 Å². The van der Waals surface area contributed by atoms with Gasteiger partial charge in [-0.1, -0.05) is 23.7 Å². The predicted octanol–water partition coefficient (Wildman–Crippen LogP) is 3.29. The third-order valence-corrected chi connectivity index (χ3v) is 4.23. The maximum absolute atomic E-state index is 12.4. The summed E-state index contributed by atoms with van der Waals surface area (Å²) in [5.41, 5.74) is 1.57. The lowest BCUT2D eigenvalue weighted by Crippen LogP contribution is -2.20. The number of carbonyl (C=O) groups is 2. The van der Waals surface area contributed by atoms with Gasteiger partial charge in [-0.15, -0.1) is 0 Å². The molecule has 2 aromatic carbocycles. The summed E-state index contributed by atoms with van der Waals surface area (Å²) in [5, 5.41) is 10.1. The molecular weight excluding hydrogens is 380 g/mol. The number of rotatable bonds is 7. The highest BCUT2D eigenvalue weighted by molar-refractivity contribution is 6.32. The first kappa shape index (κ1) is 19.4. The Kier molecular flexibility index (Phi) is 6.29. The van der Waals surface area contributed by atoms with Gasteiger partial charge in [-0.25, -0.2) is 4.68 Å². The number of nitrogens with zero attached hydrogens (tertiary/aromatic N) is 2. The maximum Gasteiger partial charge on any atom is 0.276 e. The number of amides is 2. The molecule has 144 valence electrons. The third-order valence-electron chi connectivity index (χ3n) is 3.91. The van der Waals surface area contributed by atoms with Gasteiger partial charge in [0.2, 0.25) is 5.91 Å². The van der Waals surface area contributed by atoms with E-state index < -0.39 is 0 Å². The van der Waals surface area contributed by atoms with Crippen molar-refractivity contribution < 1.29 is 14.3 Å². The number of aromatic nitrogens is 2. The Labute approximate surface area is 167 Å². The lowest BCUT2D eigenvalue weighted by molar-refractivity contribution is -0.121. The highest BCUT2D eigenvalue weighted by Gasteiger charge is 2.12. The van der Waals surface area contributed by atoms with Crippen LogP contribution in [0, 0.1) is 0 Å². The molecule has 3 aromatic rings. The Morgan fingerprint density at radius 1 is 1.11 bits per heavy atom. The Hall–Kier alpha value is -3.32. The van der Waals surface area contributed by atoms with Crippen molar-refractivity contribution in [3.05, 3.63) is 71.5 Å². The minimum Gasteiger partial charge on any atom is -0.493 e. The summed E-state index contributed by atoms with van der Waals surface area (Å²) in [6.45, 7) is 0.283. The zero-order valence-corrected chi connectivity index (χ0v) is 15.9. The fourth-order valence-corrected chi connectivity index (χ4v) is 2.66. The van der Waals surface area contributed by atoms with Gasteiger partial charge in [0.1, 0.15) is 5.75 Å². The molecule has 0 unspecified atom stereocenters. The van der Waals surface area contributed by atoms with Crippen LogP contribution < -0.4 is 15.4 Å². The van der Waals surface area contributed by atoms with E-state index in [1.54, 1.807) is 54.3 Å². The van der Waals surface area contributed by atoms with E-state index in [0.29, 0.717) is 22.1 Å². The SMILES string of the molecule is CNC(=O)CCOc1ccc(NC(=O)c2ccn(-c3ccccc3Cl)n2)cc1. The molecule has 7 nitrogen and oxygen atoms in total. The number of hydrogen-bond acceptors (Lipinski definition) is 4. The Balaban J connectivity index is 1.59. The fraction of sp³-hybridized carbons (Fsp3) is 0.150. The smallest absolute Gasteiger partial charge is 0.276 e. The second kappa shape index (κ2) is 9.05. The largest absolute Gasteiger partial charge is 0.493 e. The zero-order valence-electron chi connectivity index (χ0n) is 15.2. The second-order valence-electron chi connectivity index (χ2n) is 5.85. The van der Waals surface area contributed by atoms with E-state index in [2.05, 4.69) is 15.7 Å². The molecule has 0 aliphatic heterocycles. The zero-order chi connectivity index (χ0) is 19.9. The second-order valence-corrected chi connectivity index (χ2v) is 6.25. The number of benzene rings is 2. The molecule has 0 aliphatic carbocycles. The molecule has 3 rings (SSSR count). The molecule has 0 atom stereocenters. The van der Waals surface area contributed by atoms with Gasteiger partial charge in [-0.2, -0.15) is 5.10 Å². The lowest BCUT2D eigenvalue weighted by Gasteiger charge is -2.07. The van der Waals surface area contributed by atoms with E-state index in [0.717, 1.165) is 0 Å². The maximum atomic E-state index is 12.4. The van der Waals surface area contributed by atoms with E-state index in [-0.39, 0.29) is 30.5 Å². The standard InChI is InChI=1S/C20H19ClN4O3/c1-22-19(26)11-13-28-15-8-6-14(7-9-15)23-20(27)17-10-12-25(24-17)18-5-3-2-4-16(18)21/h2-10,12H,11,13H2,1H3,(H,22,26)(H,23,27). The van der Waals surface area contributed by atoms with Crippen LogP contribution >= 0.6 is 11.6 Å². The van der Waals surface area contributed by atoms with Crippen molar-refractivity contribution >= 4 is 29.1 Å². The van der Waals surface area contributed by atoms with E-state index in [9.17, 15) is 9.59 Å². The van der Waals surface area contributed by atoms with Gasteiger partial charge in [-0.05, 0) is 42.5 Å². The summed E-state index contributed by atoms with van der Waals surface area (Å²) >= 11 is 6.16. The number of halogens is 1. The number of para-hydroxylation sites is 1. The summed E-state index contributed by atoms with van der Waals surface area (Å²) < 4.78 is 7.04. The molecule has 2 N–H and O–H groups in total. The quantitative estimate of drug-likeness (QED) is 0.639. The van der Waals surface area contributed by atoms with Crippen LogP contribution in [0.15, 0.2) is 60.8 Å². The van der Waals surface area contributed by atoms with Crippen molar-refractivity contribution in [1.82, 2.24) is 15.1 Å². The Morgan fingerprint density at radius 2 is 1.86 bits per heavy atom. The normalized spacial score (nSPS) is 10.4. The molecule has 0 radical (unpaired) electrons.